The molecule has 0 fully saturated rings. The van der Waals surface area contributed by atoms with Crippen molar-refractivity contribution in [3.05, 3.63) is 141 Å². The molecule has 4 nitrogen and oxygen atoms in total. The van der Waals surface area contributed by atoms with Crippen LogP contribution in [0.3, 0.4) is 0 Å². The molecule has 3 aliphatic rings. The Morgan fingerprint density at radius 2 is 1.43 bits per heavy atom. The van der Waals surface area contributed by atoms with Crippen LogP contribution in [-0.2, 0) is 21.2 Å². The molecule has 0 N–H and O–H groups in total. The number of ether oxygens (including phenoxy) is 1. The van der Waals surface area contributed by atoms with Crippen molar-refractivity contribution < 1.29 is 4.74 Å². The van der Waals surface area contributed by atoms with Crippen molar-refractivity contribution in [3.63, 3.8) is 0 Å². The topological polar surface area (TPSA) is 40.6 Å². The zero-order valence-electron chi connectivity index (χ0n) is 24.9. The molecule has 3 aromatic rings. The highest BCUT2D eigenvalue weighted by Crippen LogP contribution is 2.50. The van der Waals surface area contributed by atoms with Crippen LogP contribution in [0, 0.1) is 17.9 Å². The van der Waals surface area contributed by atoms with Crippen molar-refractivity contribution in [2.75, 3.05) is 18.0 Å². The molecule has 3 heterocycles. The van der Waals surface area contributed by atoms with E-state index in [2.05, 4.69) is 86.0 Å². The lowest BCUT2D eigenvalue weighted by molar-refractivity contribution is 0.0348. The second kappa shape index (κ2) is 10.4. The maximum Gasteiger partial charge on any atom is 0.265 e. The summed E-state index contributed by atoms with van der Waals surface area (Å²) < 4.78 is 6.94. The molecular weight excluding hydrogens is 514 g/mol. The Hall–Kier alpha value is -4.54. The van der Waals surface area contributed by atoms with Gasteiger partial charge in [-0.3, -0.25) is 0 Å². The first-order valence-electron chi connectivity index (χ1n) is 14.8. The number of hydrogen-bond donors (Lipinski definition) is 0. The molecule has 0 unspecified atom stereocenters. The van der Waals surface area contributed by atoms with Gasteiger partial charge in [-0.05, 0) is 70.2 Å². The lowest BCUT2D eigenvalue weighted by atomic mass is 9.69. The number of nitriles is 1. The molecule has 6 rings (SSSR count). The van der Waals surface area contributed by atoms with Crippen molar-refractivity contribution in [2.45, 2.75) is 63.4 Å². The second-order valence-electron chi connectivity index (χ2n) is 13.0. The van der Waals surface area contributed by atoms with Crippen LogP contribution in [0.1, 0.15) is 74.8 Å². The van der Waals surface area contributed by atoms with Crippen LogP contribution in [0.5, 0.6) is 0 Å². The van der Waals surface area contributed by atoms with E-state index in [0.717, 1.165) is 42.6 Å². The quantitative estimate of drug-likeness (QED) is 0.240. The fourth-order valence-corrected chi connectivity index (χ4v) is 6.80. The Bertz CT molecular complexity index is 1600. The monoisotopic (exact) mass is 551 g/mol. The number of allylic oxidation sites excluding steroid dienone is 3. The van der Waals surface area contributed by atoms with Crippen LogP contribution in [0.25, 0.3) is 10.9 Å². The van der Waals surface area contributed by atoms with Crippen LogP contribution in [0.15, 0.2) is 102 Å². The summed E-state index contributed by atoms with van der Waals surface area (Å²) in [5, 5.41) is 9.87. The summed E-state index contributed by atoms with van der Waals surface area (Å²) in [5.74, 6) is 0.631. The van der Waals surface area contributed by atoms with E-state index >= 15 is 0 Å². The highest BCUT2D eigenvalue weighted by Gasteiger charge is 2.42. The van der Waals surface area contributed by atoms with Gasteiger partial charge in [0.1, 0.15) is 5.76 Å². The lowest BCUT2D eigenvalue weighted by Gasteiger charge is -2.48. The van der Waals surface area contributed by atoms with E-state index in [1.807, 2.05) is 48.6 Å². The fraction of sp³-hybridized carbons (Fsp3) is 0.316. The van der Waals surface area contributed by atoms with Gasteiger partial charge in [0.2, 0.25) is 0 Å². The minimum absolute atomic E-state index is 0.0987. The highest BCUT2D eigenvalue weighted by atomic mass is 16.5. The normalized spacial score (nSPS) is 20.9. The maximum atomic E-state index is 9.87. The molecule has 4 heteroatoms. The average Bonchev–Trinajstić information content (AvgIpc) is 3.00. The molecule has 0 spiro atoms. The maximum absolute atomic E-state index is 9.87. The molecular formula is C38H37N3O. The van der Waals surface area contributed by atoms with Crippen LogP contribution in [0.4, 0.5) is 5.69 Å². The third-order valence-electron chi connectivity index (χ3n) is 9.41. The van der Waals surface area contributed by atoms with E-state index in [9.17, 15) is 5.26 Å². The van der Waals surface area contributed by atoms with Gasteiger partial charge < -0.3 is 9.64 Å². The van der Waals surface area contributed by atoms with Gasteiger partial charge in [0.15, 0.2) is 5.60 Å². The number of nitrogens with zero attached hydrogens (tertiary/aromatic N) is 3. The van der Waals surface area contributed by atoms with E-state index in [0.29, 0.717) is 17.8 Å². The third-order valence-corrected chi connectivity index (χ3v) is 9.41. The van der Waals surface area contributed by atoms with Crippen LogP contribution < -0.4 is 4.90 Å². The number of benzene rings is 3. The summed E-state index contributed by atoms with van der Waals surface area (Å²) in [6, 6.07) is 27.1. The predicted molar refractivity (Wildman–Crippen MR) is 170 cm³/mol. The molecule has 3 aliphatic heterocycles. The molecule has 0 saturated heterocycles. The van der Waals surface area contributed by atoms with E-state index < -0.39 is 5.60 Å². The van der Waals surface area contributed by atoms with Gasteiger partial charge in [-0.15, -0.1) is 0 Å². The van der Waals surface area contributed by atoms with Gasteiger partial charge in [0.25, 0.3) is 5.70 Å². The predicted octanol–water partition coefficient (Wildman–Crippen LogP) is 8.81. The summed E-state index contributed by atoms with van der Waals surface area (Å²) >= 11 is 0. The SMILES string of the molecule is [C-]#[N+]C(C#N)=C1C=C(C=Cc2cc3c4c(c2)C(C)(C)CCN4CCC3(C)C)OC(c2ccccc2)(c2ccccc2)C1. The van der Waals surface area contributed by atoms with Gasteiger partial charge in [-0.25, -0.2) is 10.1 Å². The highest BCUT2D eigenvalue weighted by molar-refractivity contribution is 5.72. The Balaban J connectivity index is 1.49. The first-order valence-corrected chi connectivity index (χ1v) is 14.8. The van der Waals surface area contributed by atoms with Gasteiger partial charge in [-0.2, -0.15) is 0 Å². The zero-order valence-corrected chi connectivity index (χ0v) is 24.9. The standard InChI is InChI=1S/C38H37N3O/c1-36(2)18-20-41-21-19-37(3,4)33-23-27(22-32(36)35(33)41)16-17-31-24-28(34(26-39)40-5)25-38(42-31,29-12-8-6-9-13-29)30-14-10-7-11-15-30/h6-17,22-24H,18-21,25H2,1-4H3. The minimum Gasteiger partial charge on any atom is -0.478 e. The van der Waals surface area contributed by atoms with Crippen molar-refractivity contribution in [1.82, 2.24) is 0 Å². The summed E-state index contributed by atoms with van der Waals surface area (Å²) in [7, 11) is 0. The molecule has 42 heavy (non-hydrogen) atoms. The van der Waals surface area contributed by atoms with E-state index in [-0.39, 0.29) is 16.5 Å². The lowest BCUT2D eigenvalue weighted by Crippen LogP contribution is -2.44. The molecule has 0 radical (unpaired) electrons. The Labute approximate surface area is 250 Å². The first kappa shape index (κ1) is 27.6. The summed E-state index contributed by atoms with van der Waals surface area (Å²) in [6.07, 6.45) is 8.69. The first-order chi connectivity index (χ1) is 20.2. The van der Waals surface area contributed by atoms with Gasteiger partial charge in [0, 0.05) is 36.3 Å². The van der Waals surface area contributed by atoms with E-state index in [1.165, 1.54) is 16.8 Å². The smallest absolute Gasteiger partial charge is 0.265 e. The van der Waals surface area contributed by atoms with Crippen LogP contribution >= 0.6 is 0 Å². The Morgan fingerprint density at radius 3 is 1.93 bits per heavy atom. The fourth-order valence-electron chi connectivity index (χ4n) is 6.80. The molecule has 210 valence electrons. The second-order valence-corrected chi connectivity index (χ2v) is 13.0. The van der Waals surface area contributed by atoms with Crippen molar-refractivity contribution >= 4 is 11.8 Å². The molecule has 0 atom stereocenters. The van der Waals surface area contributed by atoms with Gasteiger partial charge in [-0.1, -0.05) is 94.4 Å². The van der Waals surface area contributed by atoms with Gasteiger partial charge >= 0.3 is 0 Å². The van der Waals surface area contributed by atoms with Crippen LogP contribution in [-0.4, -0.2) is 13.1 Å². The van der Waals surface area contributed by atoms with Crippen LogP contribution in [0.2, 0.25) is 0 Å². The van der Waals surface area contributed by atoms with E-state index in [1.54, 1.807) is 0 Å². The average molecular weight is 552 g/mol. The molecule has 0 bridgehead atoms. The molecule has 3 aromatic carbocycles. The number of rotatable bonds is 4. The van der Waals surface area contributed by atoms with Crippen molar-refractivity contribution in [2.24, 2.45) is 0 Å². The molecule has 0 aromatic heterocycles. The molecule has 0 saturated carbocycles. The Kier molecular flexibility index (Phi) is 6.83. The molecule has 0 aliphatic carbocycles. The largest absolute Gasteiger partial charge is 0.478 e. The summed E-state index contributed by atoms with van der Waals surface area (Å²) in [6.45, 7) is 19.4. The van der Waals surface area contributed by atoms with Crippen molar-refractivity contribution in [3.8, 4) is 6.07 Å². The summed E-state index contributed by atoms with van der Waals surface area (Å²) in [4.78, 5) is 6.18. The number of anilines is 1. The van der Waals surface area contributed by atoms with Gasteiger partial charge in [0.05, 0.1) is 12.6 Å². The molecule has 0 amide bonds. The number of hydrogen-bond acceptors (Lipinski definition) is 3. The minimum atomic E-state index is -0.870. The third kappa shape index (κ3) is 4.72. The van der Waals surface area contributed by atoms with Crippen molar-refractivity contribution in [1.29, 1.82) is 5.26 Å². The zero-order chi connectivity index (χ0) is 29.5. The summed E-state index contributed by atoms with van der Waals surface area (Å²) in [5.41, 5.74) is 7.49. The van der Waals surface area contributed by atoms with E-state index in [4.69, 9.17) is 11.3 Å². The Morgan fingerprint density at radius 1 is 0.881 bits per heavy atom.